The average molecular weight is 307 g/mol. The summed E-state index contributed by atoms with van der Waals surface area (Å²) < 4.78 is 22.2. The molecule has 0 bridgehead atoms. The molecule has 1 aliphatic heterocycles. The Morgan fingerprint density at radius 3 is 2.86 bits per heavy atom. The lowest BCUT2D eigenvalue weighted by Gasteiger charge is -2.34. The molecule has 1 atom stereocenters. The minimum Gasteiger partial charge on any atom is -0.336 e. The zero-order valence-corrected chi connectivity index (χ0v) is 13.3. The highest BCUT2D eigenvalue weighted by molar-refractivity contribution is 5.16. The highest BCUT2D eigenvalue weighted by Gasteiger charge is 2.42. The molecule has 22 heavy (non-hydrogen) atoms. The lowest BCUT2D eigenvalue weighted by molar-refractivity contribution is 0.0123. The van der Waals surface area contributed by atoms with E-state index in [1.54, 1.807) is 6.92 Å². The number of aryl methyl sites for hydroxylation is 3. The van der Waals surface area contributed by atoms with Gasteiger partial charge in [-0.1, -0.05) is 5.16 Å². The van der Waals surface area contributed by atoms with Crippen LogP contribution in [0.5, 0.6) is 0 Å². The SMILES string of the molecule is CCn1cc(CN2CCCC(F)(c3nc(C)no3)C2)c(C)n1. The number of alkyl halides is 1. The molecule has 1 unspecified atom stereocenters. The van der Waals surface area contributed by atoms with E-state index >= 15 is 4.39 Å². The first-order valence-electron chi connectivity index (χ1n) is 7.75. The fourth-order valence-corrected chi connectivity index (χ4v) is 3.00. The number of hydrogen-bond donors (Lipinski definition) is 0. The van der Waals surface area contributed by atoms with E-state index in [1.807, 2.05) is 17.8 Å². The van der Waals surface area contributed by atoms with E-state index in [9.17, 15) is 0 Å². The molecule has 3 rings (SSSR count). The second kappa shape index (κ2) is 5.79. The van der Waals surface area contributed by atoms with Crippen LogP contribution in [0, 0.1) is 13.8 Å². The largest absolute Gasteiger partial charge is 0.336 e. The van der Waals surface area contributed by atoms with Crippen molar-refractivity contribution >= 4 is 0 Å². The minimum atomic E-state index is -1.55. The third kappa shape index (κ3) is 2.90. The van der Waals surface area contributed by atoms with Gasteiger partial charge in [0.25, 0.3) is 5.89 Å². The van der Waals surface area contributed by atoms with Crippen LogP contribution >= 0.6 is 0 Å². The molecular formula is C15H22FN5O. The van der Waals surface area contributed by atoms with Gasteiger partial charge in [0, 0.05) is 31.4 Å². The zero-order chi connectivity index (χ0) is 15.7. The highest BCUT2D eigenvalue weighted by atomic mass is 19.1. The fourth-order valence-electron chi connectivity index (χ4n) is 3.00. The van der Waals surface area contributed by atoms with Gasteiger partial charge in [0.1, 0.15) is 0 Å². The first-order chi connectivity index (χ1) is 10.5. The van der Waals surface area contributed by atoms with Gasteiger partial charge >= 0.3 is 0 Å². The maximum Gasteiger partial charge on any atom is 0.265 e. The predicted molar refractivity (Wildman–Crippen MR) is 79.0 cm³/mol. The van der Waals surface area contributed by atoms with Gasteiger partial charge < -0.3 is 4.52 Å². The Morgan fingerprint density at radius 1 is 1.41 bits per heavy atom. The summed E-state index contributed by atoms with van der Waals surface area (Å²) in [6, 6.07) is 0. The summed E-state index contributed by atoms with van der Waals surface area (Å²) in [4.78, 5) is 6.19. The van der Waals surface area contributed by atoms with Crippen molar-refractivity contribution in [3.8, 4) is 0 Å². The van der Waals surface area contributed by atoms with Gasteiger partial charge in [0.05, 0.1) is 5.69 Å². The number of rotatable bonds is 4. The molecule has 0 radical (unpaired) electrons. The average Bonchev–Trinajstić information content (AvgIpc) is 3.06. The minimum absolute atomic E-state index is 0.107. The Hall–Kier alpha value is -1.76. The molecule has 0 N–H and O–H groups in total. The van der Waals surface area contributed by atoms with E-state index in [1.165, 1.54) is 0 Å². The zero-order valence-electron chi connectivity index (χ0n) is 13.3. The van der Waals surface area contributed by atoms with Crippen molar-refractivity contribution in [1.82, 2.24) is 24.8 Å². The molecule has 0 aromatic carbocycles. The summed E-state index contributed by atoms with van der Waals surface area (Å²) >= 11 is 0. The normalized spacial score (nSPS) is 23.1. The van der Waals surface area contributed by atoms with Gasteiger partial charge in [-0.05, 0) is 40.2 Å². The number of halogens is 1. The van der Waals surface area contributed by atoms with Gasteiger partial charge in [0.15, 0.2) is 5.82 Å². The number of likely N-dealkylation sites (tertiary alicyclic amines) is 1. The van der Waals surface area contributed by atoms with Gasteiger partial charge in [-0.2, -0.15) is 10.1 Å². The van der Waals surface area contributed by atoms with Crippen molar-refractivity contribution in [3.63, 3.8) is 0 Å². The summed E-state index contributed by atoms with van der Waals surface area (Å²) in [5.74, 6) is 0.583. The molecule has 7 heteroatoms. The Kier molecular flexibility index (Phi) is 3.99. The van der Waals surface area contributed by atoms with Gasteiger partial charge in [0.2, 0.25) is 5.67 Å². The Morgan fingerprint density at radius 2 is 2.23 bits per heavy atom. The molecule has 0 saturated carbocycles. The fraction of sp³-hybridized carbons (Fsp3) is 0.667. The molecule has 0 aliphatic carbocycles. The first-order valence-corrected chi connectivity index (χ1v) is 7.75. The number of aromatic nitrogens is 4. The standard InChI is InChI=1S/C15H22FN5O/c1-4-21-9-13(11(2)18-21)8-20-7-5-6-15(16,10-20)14-17-12(3)19-22-14/h9H,4-8,10H2,1-3H3. The Bertz CT molecular complexity index is 652. The molecule has 0 spiro atoms. The van der Waals surface area contributed by atoms with E-state index in [-0.39, 0.29) is 12.4 Å². The van der Waals surface area contributed by atoms with E-state index < -0.39 is 5.67 Å². The van der Waals surface area contributed by atoms with Crippen LogP contribution in [-0.2, 0) is 18.8 Å². The summed E-state index contributed by atoms with van der Waals surface area (Å²) in [7, 11) is 0. The van der Waals surface area contributed by atoms with Gasteiger partial charge in [-0.3, -0.25) is 9.58 Å². The molecule has 2 aromatic rings. The highest BCUT2D eigenvalue weighted by Crippen LogP contribution is 2.35. The van der Waals surface area contributed by atoms with Crippen LogP contribution < -0.4 is 0 Å². The molecule has 6 nitrogen and oxygen atoms in total. The van der Waals surface area contributed by atoms with Crippen molar-refractivity contribution in [1.29, 1.82) is 0 Å². The molecule has 1 fully saturated rings. The molecule has 1 saturated heterocycles. The maximum atomic E-state index is 15.2. The van der Waals surface area contributed by atoms with E-state index in [4.69, 9.17) is 4.52 Å². The number of nitrogens with zero attached hydrogens (tertiary/aromatic N) is 5. The molecule has 120 valence electrons. The molecule has 3 heterocycles. The smallest absolute Gasteiger partial charge is 0.265 e. The Labute approximate surface area is 129 Å². The summed E-state index contributed by atoms with van der Waals surface area (Å²) in [6.45, 7) is 8.46. The van der Waals surface area contributed by atoms with Crippen molar-refractivity contribution in [2.75, 3.05) is 13.1 Å². The van der Waals surface area contributed by atoms with Crippen molar-refractivity contribution in [3.05, 3.63) is 29.2 Å². The monoisotopic (exact) mass is 307 g/mol. The second-order valence-corrected chi connectivity index (χ2v) is 6.02. The van der Waals surface area contributed by atoms with Crippen LogP contribution in [0.15, 0.2) is 10.7 Å². The van der Waals surface area contributed by atoms with Crippen LogP contribution in [-0.4, -0.2) is 37.9 Å². The van der Waals surface area contributed by atoms with Crippen LogP contribution in [0.1, 0.15) is 42.7 Å². The molecule has 1 aliphatic rings. The van der Waals surface area contributed by atoms with E-state index in [0.717, 1.165) is 30.8 Å². The topological polar surface area (TPSA) is 60.0 Å². The number of piperidine rings is 1. The molecular weight excluding hydrogens is 285 g/mol. The van der Waals surface area contributed by atoms with Gasteiger partial charge in [-0.15, -0.1) is 0 Å². The lowest BCUT2D eigenvalue weighted by Crippen LogP contribution is -2.43. The van der Waals surface area contributed by atoms with Crippen LogP contribution in [0.25, 0.3) is 0 Å². The first kappa shape index (κ1) is 15.1. The third-order valence-corrected chi connectivity index (χ3v) is 4.20. The van der Waals surface area contributed by atoms with E-state index in [0.29, 0.717) is 18.8 Å². The quantitative estimate of drug-likeness (QED) is 0.868. The summed E-state index contributed by atoms with van der Waals surface area (Å²) in [6.07, 6.45) is 3.25. The molecule has 2 aromatic heterocycles. The maximum absolute atomic E-state index is 15.2. The van der Waals surface area contributed by atoms with Crippen LogP contribution in [0.3, 0.4) is 0 Å². The van der Waals surface area contributed by atoms with E-state index in [2.05, 4.69) is 27.1 Å². The summed E-state index contributed by atoms with van der Waals surface area (Å²) in [5.41, 5.74) is 0.604. The summed E-state index contributed by atoms with van der Waals surface area (Å²) in [5, 5.41) is 8.16. The van der Waals surface area contributed by atoms with Crippen molar-refractivity contribution in [2.45, 2.75) is 52.4 Å². The van der Waals surface area contributed by atoms with Crippen molar-refractivity contribution < 1.29 is 8.91 Å². The van der Waals surface area contributed by atoms with Crippen LogP contribution in [0.4, 0.5) is 4.39 Å². The number of hydrogen-bond acceptors (Lipinski definition) is 5. The molecule has 0 amide bonds. The van der Waals surface area contributed by atoms with Crippen LogP contribution in [0.2, 0.25) is 0 Å². The third-order valence-electron chi connectivity index (χ3n) is 4.20. The predicted octanol–water partition coefficient (Wildman–Crippen LogP) is 2.36. The Balaban J connectivity index is 1.74. The second-order valence-electron chi connectivity index (χ2n) is 6.02. The van der Waals surface area contributed by atoms with Gasteiger partial charge in [-0.25, -0.2) is 4.39 Å². The lowest BCUT2D eigenvalue weighted by atomic mass is 9.94. The van der Waals surface area contributed by atoms with Crippen molar-refractivity contribution in [2.24, 2.45) is 0 Å².